The van der Waals surface area contributed by atoms with Gasteiger partial charge in [-0.05, 0) is 38.0 Å². The Bertz CT molecular complexity index is 1090. The highest BCUT2D eigenvalue weighted by Gasteiger charge is 2.33. The average molecular weight is 420 g/mol. The summed E-state index contributed by atoms with van der Waals surface area (Å²) >= 11 is 0. The monoisotopic (exact) mass is 420 g/mol. The van der Waals surface area contributed by atoms with Crippen molar-refractivity contribution in [3.05, 3.63) is 52.2 Å². The summed E-state index contributed by atoms with van der Waals surface area (Å²) in [5, 5.41) is 14.9. The zero-order valence-electron chi connectivity index (χ0n) is 17.0. The van der Waals surface area contributed by atoms with Gasteiger partial charge in [-0.15, -0.1) is 0 Å². The van der Waals surface area contributed by atoms with Crippen molar-refractivity contribution >= 4 is 11.5 Å². The van der Waals surface area contributed by atoms with Crippen molar-refractivity contribution in [2.45, 2.75) is 39.5 Å². The number of aromatic hydroxyl groups is 1. The summed E-state index contributed by atoms with van der Waals surface area (Å²) in [5.41, 5.74) is 1.84. The molecule has 0 saturated carbocycles. The molecular formula is C21H23F3N4O2. The molecule has 1 atom stereocenters. The first kappa shape index (κ1) is 20.5. The van der Waals surface area contributed by atoms with Gasteiger partial charge in [-0.1, -0.05) is 12.1 Å². The summed E-state index contributed by atoms with van der Waals surface area (Å²) in [6.45, 7) is 7.05. The van der Waals surface area contributed by atoms with Crippen LogP contribution in [0.2, 0.25) is 0 Å². The molecule has 0 aliphatic carbocycles. The van der Waals surface area contributed by atoms with Crippen molar-refractivity contribution in [3.63, 3.8) is 0 Å². The van der Waals surface area contributed by atoms with Gasteiger partial charge in [0.25, 0.3) is 0 Å². The highest BCUT2D eigenvalue weighted by molar-refractivity contribution is 5.59. The van der Waals surface area contributed by atoms with Crippen molar-refractivity contribution in [2.75, 3.05) is 24.6 Å². The Labute approximate surface area is 171 Å². The molecule has 3 heterocycles. The van der Waals surface area contributed by atoms with E-state index in [-0.39, 0.29) is 24.0 Å². The molecule has 1 aromatic carbocycles. The lowest BCUT2D eigenvalue weighted by Gasteiger charge is -2.32. The molecular weight excluding hydrogens is 397 g/mol. The molecule has 1 N–H and O–H groups in total. The van der Waals surface area contributed by atoms with Gasteiger partial charge in [-0.25, -0.2) is 4.98 Å². The number of hydrogen-bond acceptors (Lipinski definition) is 5. The Morgan fingerprint density at radius 2 is 2.03 bits per heavy atom. The lowest BCUT2D eigenvalue weighted by atomic mass is 9.96. The molecule has 0 amide bonds. The Balaban J connectivity index is 1.77. The fraction of sp³-hybridized carbons (Fsp3) is 0.429. The molecule has 1 aliphatic heterocycles. The normalized spacial score (nSPS) is 17.7. The highest BCUT2D eigenvalue weighted by Crippen LogP contribution is 2.34. The summed E-state index contributed by atoms with van der Waals surface area (Å²) in [6, 6.07) is 5.73. The van der Waals surface area contributed by atoms with Crippen LogP contribution in [0.4, 0.5) is 19.0 Å². The molecule has 1 aliphatic rings. The van der Waals surface area contributed by atoms with Crippen LogP contribution in [0.25, 0.3) is 5.65 Å². The van der Waals surface area contributed by atoms with Gasteiger partial charge < -0.3 is 14.7 Å². The predicted octanol–water partition coefficient (Wildman–Crippen LogP) is 3.89. The topological polar surface area (TPSA) is 62.9 Å². The van der Waals surface area contributed by atoms with Crippen LogP contribution >= 0.6 is 0 Å². The Hall–Kier alpha value is -2.81. The van der Waals surface area contributed by atoms with Crippen LogP contribution in [0.5, 0.6) is 5.88 Å². The number of hydrogen-bond donors (Lipinski definition) is 1. The van der Waals surface area contributed by atoms with Crippen molar-refractivity contribution in [1.82, 2.24) is 14.6 Å². The van der Waals surface area contributed by atoms with Crippen LogP contribution in [0.15, 0.2) is 24.3 Å². The maximum atomic E-state index is 13.3. The summed E-state index contributed by atoms with van der Waals surface area (Å²) in [5.74, 6) is 0.529. The summed E-state index contributed by atoms with van der Waals surface area (Å²) in [7, 11) is 0. The van der Waals surface area contributed by atoms with E-state index < -0.39 is 11.7 Å². The fourth-order valence-corrected chi connectivity index (χ4v) is 3.91. The molecule has 4 rings (SSSR count). The van der Waals surface area contributed by atoms with Gasteiger partial charge in [0.05, 0.1) is 24.0 Å². The van der Waals surface area contributed by atoms with Gasteiger partial charge in [0.2, 0.25) is 5.88 Å². The van der Waals surface area contributed by atoms with Gasteiger partial charge in [0, 0.05) is 31.1 Å². The van der Waals surface area contributed by atoms with Gasteiger partial charge in [-0.2, -0.15) is 22.8 Å². The number of halogens is 3. The molecule has 3 aromatic rings. The molecule has 9 heteroatoms. The molecule has 2 aromatic heterocycles. The van der Waals surface area contributed by atoms with E-state index in [0.717, 1.165) is 6.07 Å². The number of benzene rings is 1. The van der Waals surface area contributed by atoms with E-state index in [9.17, 15) is 18.3 Å². The quantitative estimate of drug-likeness (QED) is 0.697. The fourth-order valence-electron chi connectivity index (χ4n) is 3.91. The smallest absolute Gasteiger partial charge is 0.416 e. The summed E-state index contributed by atoms with van der Waals surface area (Å²) in [4.78, 5) is 6.72. The summed E-state index contributed by atoms with van der Waals surface area (Å²) in [6.07, 6.45) is -4.13. The van der Waals surface area contributed by atoms with Gasteiger partial charge in [0.15, 0.2) is 5.65 Å². The number of alkyl halides is 3. The first-order valence-corrected chi connectivity index (χ1v) is 9.75. The third-order valence-electron chi connectivity index (χ3n) is 5.54. The molecule has 1 fully saturated rings. The number of aryl methyl sites for hydroxylation is 1. The highest BCUT2D eigenvalue weighted by atomic mass is 19.4. The predicted molar refractivity (Wildman–Crippen MR) is 106 cm³/mol. The van der Waals surface area contributed by atoms with E-state index in [1.165, 1.54) is 17.5 Å². The second-order valence-corrected chi connectivity index (χ2v) is 7.66. The lowest BCUT2D eigenvalue weighted by Crippen LogP contribution is -2.41. The third kappa shape index (κ3) is 3.69. The number of nitrogens with zero attached hydrogens (tertiary/aromatic N) is 4. The minimum Gasteiger partial charge on any atom is -0.493 e. The van der Waals surface area contributed by atoms with Crippen LogP contribution in [0.1, 0.15) is 34.9 Å². The number of anilines is 1. The Morgan fingerprint density at radius 3 is 2.73 bits per heavy atom. The Kier molecular flexibility index (Phi) is 5.09. The maximum Gasteiger partial charge on any atom is 0.416 e. The molecule has 0 spiro atoms. The standard InChI is InChI=1S/C21H23F3N4O2/c1-12-11-27(7-8-30-12)18-10-19(29)28-20(25-18)16(14(3)26-28)9-15-5-4-6-17(13(15)2)21(22,23)24/h4-6,10,12,29H,7-9,11H2,1-3H3. The Morgan fingerprint density at radius 1 is 1.27 bits per heavy atom. The van der Waals surface area contributed by atoms with E-state index in [1.54, 1.807) is 19.1 Å². The second kappa shape index (κ2) is 7.46. The first-order chi connectivity index (χ1) is 14.1. The zero-order valence-corrected chi connectivity index (χ0v) is 17.0. The van der Waals surface area contributed by atoms with Crippen LogP contribution < -0.4 is 4.90 Å². The van der Waals surface area contributed by atoms with Crippen LogP contribution in [-0.2, 0) is 17.3 Å². The largest absolute Gasteiger partial charge is 0.493 e. The van der Waals surface area contributed by atoms with E-state index in [4.69, 9.17) is 9.72 Å². The van der Waals surface area contributed by atoms with E-state index in [2.05, 4.69) is 5.10 Å². The molecule has 0 radical (unpaired) electrons. The zero-order chi connectivity index (χ0) is 21.6. The first-order valence-electron chi connectivity index (χ1n) is 9.75. The third-order valence-corrected chi connectivity index (χ3v) is 5.54. The summed E-state index contributed by atoms with van der Waals surface area (Å²) < 4.78 is 46.8. The van der Waals surface area contributed by atoms with Crippen molar-refractivity contribution in [3.8, 4) is 5.88 Å². The molecule has 0 bridgehead atoms. The van der Waals surface area contributed by atoms with Gasteiger partial charge >= 0.3 is 6.18 Å². The number of fused-ring (bicyclic) bond motifs is 1. The van der Waals surface area contributed by atoms with Crippen LogP contribution in [-0.4, -0.2) is 45.5 Å². The van der Waals surface area contributed by atoms with Gasteiger partial charge in [0.1, 0.15) is 5.82 Å². The minimum atomic E-state index is -4.41. The lowest BCUT2D eigenvalue weighted by molar-refractivity contribution is -0.138. The number of ether oxygens (including phenoxy) is 1. The van der Waals surface area contributed by atoms with Crippen LogP contribution in [0.3, 0.4) is 0 Å². The number of rotatable bonds is 3. The molecule has 6 nitrogen and oxygen atoms in total. The minimum absolute atomic E-state index is 0.0396. The number of morpholine rings is 1. The van der Waals surface area contributed by atoms with E-state index >= 15 is 0 Å². The van der Waals surface area contributed by atoms with Gasteiger partial charge in [-0.3, -0.25) is 0 Å². The molecule has 160 valence electrons. The van der Waals surface area contributed by atoms with E-state index in [0.29, 0.717) is 48.0 Å². The van der Waals surface area contributed by atoms with Crippen molar-refractivity contribution in [2.24, 2.45) is 0 Å². The molecule has 30 heavy (non-hydrogen) atoms. The van der Waals surface area contributed by atoms with E-state index in [1.807, 2.05) is 11.8 Å². The SMILES string of the molecule is Cc1nn2c(O)cc(N3CCOC(C)C3)nc2c1Cc1cccc(C(F)(F)F)c1C. The van der Waals surface area contributed by atoms with Crippen LogP contribution in [0, 0.1) is 13.8 Å². The second-order valence-electron chi connectivity index (χ2n) is 7.66. The maximum absolute atomic E-state index is 13.3. The van der Waals surface area contributed by atoms with Crippen molar-refractivity contribution < 1.29 is 23.0 Å². The average Bonchev–Trinajstić information content (AvgIpc) is 2.98. The molecule has 1 saturated heterocycles. The molecule has 1 unspecified atom stereocenters. The number of aromatic nitrogens is 3. The van der Waals surface area contributed by atoms with Crippen molar-refractivity contribution in [1.29, 1.82) is 0 Å².